The third kappa shape index (κ3) is 2.96. The highest BCUT2D eigenvalue weighted by molar-refractivity contribution is 6.00. The van der Waals surface area contributed by atoms with Crippen molar-refractivity contribution in [2.45, 2.75) is 19.9 Å². The van der Waals surface area contributed by atoms with Crippen molar-refractivity contribution in [3.63, 3.8) is 0 Å². The lowest BCUT2D eigenvalue weighted by atomic mass is 10.0. The zero-order chi connectivity index (χ0) is 14.7. The third-order valence-corrected chi connectivity index (χ3v) is 3.23. The van der Waals surface area contributed by atoms with Crippen molar-refractivity contribution in [1.29, 1.82) is 0 Å². The summed E-state index contributed by atoms with van der Waals surface area (Å²) in [6, 6.07) is 12.2. The quantitative estimate of drug-likeness (QED) is 0.898. The van der Waals surface area contributed by atoms with Gasteiger partial charge in [0.25, 0.3) is 5.91 Å². The minimum atomic E-state index is -1.02. The summed E-state index contributed by atoms with van der Waals surface area (Å²) in [6.45, 7) is 3.53. The molecule has 2 N–H and O–H groups in total. The minimum Gasteiger partial charge on any atom is -0.480 e. The minimum absolute atomic E-state index is 0.170. The van der Waals surface area contributed by atoms with Crippen molar-refractivity contribution >= 4 is 22.6 Å². The normalized spacial score (nSPS) is 12.3. The number of fused-ring (bicyclic) bond motifs is 1. The first kappa shape index (κ1) is 14.1. The Bertz CT molecular complexity index is 649. The van der Waals surface area contributed by atoms with Gasteiger partial charge in [0, 0.05) is 5.56 Å². The van der Waals surface area contributed by atoms with E-state index in [-0.39, 0.29) is 11.8 Å². The van der Waals surface area contributed by atoms with Gasteiger partial charge in [0.1, 0.15) is 6.04 Å². The molecule has 1 unspecified atom stereocenters. The van der Waals surface area contributed by atoms with Gasteiger partial charge in [-0.3, -0.25) is 4.79 Å². The molecular formula is C16H17NO3. The SMILES string of the molecule is CC(C)C(NC(=O)c1ccc2ccccc2c1)C(=O)O. The number of carboxylic acids is 1. The van der Waals surface area contributed by atoms with Gasteiger partial charge >= 0.3 is 5.97 Å². The molecule has 104 valence electrons. The number of nitrogens with one attached hydrogen (secondary N) is 1. The standard InChI is InChI=1S/C16H17NO3/c1-10(2)14(16(19)20)17-15(18)13-8-7-11-5-3-4-6-12(11)9-13/h3-10,14H,1-2H3,(H,17,18)(H,19,20). The molecule has 0 bridgehead atoms. The summed E-state index contributed by atoms with van der Waals surface area (Å²) < 4.78 is 0. The van der Waals surface area contributed by atoms with Crippen LogP contribution in [0.25, 0.3) is 10.8 Å². The molecule has 0 saturated carbocycles. The molecule has 0 fully saturated rings. The Morgan fingerprint density at radius 1 is 1.05 bits per heavy atom. The van der Waals surface area contributed by atoms with Crippen molar-refractivity contribution in [2.24, 2.45) is 5.92 Å². The fourth-order valence-electron chi connectivity index (χ4n) is 2.07. The Morgan fingerprint density at radius 2 is 1.70 bits per heavy atom. The first-order chi connectivity index (χ1) is 9.49. The monoisotopic (exact) mass is 271 g/mol. The van der Waals surface area contributed by atoms with Crippen LogP contribution in [0.1, 0.15) is 24.2 Å². The summed E-state index contributed by atoms with van der Waals surface area (Å²) >= 11 is 0. The topological polar surface area (TPSA) is 66.4 Å². The molecule has 1 atom stereocenters. The van der Waals surface area contributed by atoms with Gasteiger partial charge < -0.3 is 10.4 Å². The van der Waals surface area contributed by atoms with Crippen LogP contribution >= 0.6 is 0 Å². The molecule has 20 heavy (non-hydrogen) atoms. The van der Waals surface area contributed by atoms with Gasteiger partial charge in [0.15, 0.2) is 0 Å². The van der Waals surface area contributed by atoms with Crippen molar-refractivity contribution in [3.8, 4) is 0 Å². The number of aliphatic carboxylic acids is 1. The molecule has 2 aromatic carbocycles. The van der Waals surface area contributed by atoms with E-state index in [1.807, 2.05) is 30.3 Å². The number of benzene rings is 2. The second kappa shape index (κ2) is 5.74. The molecule has 0 saturated heterocycles. The maximum atomic E-state index is 12.1. The summed E-state index contributed by atoms with van der Waals surface area (Å²) in [4.78, 5) is 23.2. The molecule has 2 aromatic rings. The van der Waals surface area contributed by atoms with Gasteiger partial charge in [0.05, 0.1) is 0 Å². The first-order valence-electron chi connectivity index (χ1n) is 6.51. The van der Waals surface area contributed by atoms with Crippen LogP contribution in [-0.2, 0) is 4.79 Å². The first-order valence-corrected chi connectivity index (χ1v) is 6.51. The molecule has 4 heteroatoms. The van der Waals surface area contributed by atoms with Crippen LogP contribution in [0.2, 0.25) is 0 Å². The lowest BCUT2D eigenvalue weighted by Gasteiger charge is -2.18. The zero-order valence-electron chi connectivity index (χ0n) is 11.5. The lowest BCUT2D eigenvalue weighted by molar-refractivity contribution is -0.140. The van der Waals surface area contributed by atoms with Crippen LogP contribution in [0.3, 0.4) is 0 Å². The fraction of sp³-hybridized carbons (Fsp3) is 0.250. The molecule has 0 aliphatic heterocycles. The van der Waals surface area contributed by atoms with Gasteiger partial charge in [-0.1, -0.05) is 44.2 Å². The Morgan fingerprint density at radius 3 is 2.30 bits per heavy atom. The molecule has 0 aliphatic rings. The van der Waals surface area contributed by atoms with Gasteiger partial charge in [-0.2, -0.15) is 0 Å². The van der Waals surface area contributed by atoms with Crippen LogP contribution in [0, 0.1) is 5.92 Å². The summed E-state index contributed by atoms with van der Waals surface area (Å²) in [7, 11) is 0. The Balaban J connectivity index is 2.24. The number of carbonyl (C=O) groups excluding carboxylic acids is 1. The molecule has 0 heterocycles. The third-order valence-electron chi connectivity index (χ3n) is 3.23. The van der Waals surface area contributed by atoms with Gasteiger partial charge in [-0.05, 0) is 28.8 Å². The van der Waals surface area contributed by atoms with Gasteiger partial charge in [-0.15, -0.1) is 0 Å². The zero-order valence-corrected chi connectivity index (χ0v) is 11.5. The van der Waals surface area contributed by atoms with Gasteiger partial charge in [0.2, 0.25) is 0 Å². The van der Waals surface area contributed by atoms with E-state index in [2.05, 4.69) is 5.32 Å². The average molecular weight is 271 g/mol. The van der Waals surface area contributed by atoms with Crippen molar-refractivity contribution in [3.05, 3.63) is 48.0 Å². The second-order valence-corrected chi connectivity index (χ2v) is 5.10. The van der Waals surface area contributed by atoms with Crippen molar-refractivity contribution in [2.75, 3.05) is 0 Å². The van der Waals surface area contributed by atoms with Crippen LogP contribution in [0.5, 0.6) is 0 Å². The maximum absolute atomic E-state index is 12.1. The molecule has 0 aliphatic carbocycles. The number of rotatable bonds is 4. The van der Waals surface area contributed by atoms with E-state index in [0.29, 0.717) is 5.56 Å². The van der Waals surface area contributed by atoms with Crippen LogP contribution in [-0.4, -0.2) is 23.0 Å². The summed E-state index contributed by atoms with van der Waals surface area (Å²) in [5.41, 5.74) is 0.468. The molecule has 1 amide bonds. The van der Waals surface area contributed by atoms with E-state index in [1.165, 1.54) is 0 Å². The molecule has 0 aromatic heterocycles. The summed E-state index contributed by atoms with van der Waals surface area (Å²) in [5.74, 6) is -1.55. The molecular weight excluding hydrogens is 254 g/mol. The Hall–Kier alpha value is -2.36. The smallest absolute Gasteiger partial charge is 0.326 e. The highest BCUT2D eigenvalue weighted by Crippen LogP contribution is 2.16. The van der Waals surface area contributed by atoms with E-state index in [1.54, 1.807) is 26.0 Å². The van der Waals surface area contributed by atoms with E-state index in [4.69, 9.17) is 5.11 Å². The molecule has 0 spiro atoms. The van der Waals surface area contributed by atoms with E-state index < -0.39 is 12.0 Å². The second-order valence-electron chi connectivity index (χ2n) is 5.10. The van der Waals surface area contributed by atoms with Crippen LogP contribution in [0.15, 0.2) is 42.5 Å². The summed E-state index contributed by atoms with van der Waals surface area (Å²) in [5, 5.41) is 13.7. The highest BCUT2D eigenvalue weighted by Gasteiger charge is 2.23. The van der Waals surface area contributed by atoms with E-state index >= 15 is 0 Å². The molecule has 2 rings (SSSR count). The number of hydrogen-bond donors (Lipinski definition) is 2. The van der Waals surface area contributed by atoms with Crippen molar-refractivity contribution < 1.29 is 14.7 Å². The Kier molecular flexibility index (Phi) is 4.03. The Labute approximate surface area is 117 Å². The van der Waals surface area contributed by atoms with E-state index in [9.17, 15) is 9.59 Å². The average Bonchev–Trinajstić information content (AvgIpc) is 2.43. The van der Waals surface area contributed by atoms with E-state index in [0.717, 1.165) is 10.8 Å². The van der Waals surface area contributed by atoms with Crippen LogP contribution in [0.4, 0.5) is 0 Å². The maximum Gasteiger partial charge on any atom is 0.326 e. The highest BCUT2D eigenvalue weighted by atomic mass is 16.4. The number of carboxylic acid groups (broad SMARTS) is 1. The summed E-state index contributed by atoms with van der Waals surface area (Å²) in [6.07, 6.45) is 0. The van der Waals surface area contributed by atoms with Gasteiger partial charge in [-0.25, -0.2) is 4.79 Å². The largest absolute Gasteiger partial charge is 0.480 e. The molecule has 4 nitrogen and oxygen atoms in total. The number of hydrogen-bond acceptors (Lipinski definition) is 2. The van der Waals surface area contributed by atoms with Crippen molar-refractivity contribution in [1.82, 2.24) is 5.32 Å². The fourth-order valence-corrected chi connectivity index (χ4v) is 2.07. The predicted molar refractivity (Wildman–Crippen MR) is 77.7 cm³/mol. The number of amides is 1. The lowest BCUT2D eigenvalue weighted by Crippen LogP contribution is -2.44. The number of carbonyl (C=O) groups is 2. The molecule has 0 radical (unpaired) electrons. The van der Waals surface area contributed by atoms with Crippen LogP contribution < -0.4 is 5.32 Å². The predicted octanol–water partition coefficient (Wildman–Crippen LogP) is 2.68.